The average Bonchev–Trinajstić information content (AvgIpc) is 2.63. The molecule has 0 saturated heterocycles. The Morgan fingerprint density at radius 3 is 2.00 bits per heavy atom. The number of unbranched alkanes of at least 4 members (excludes halogenated alkanes) is 4. The fourth-order valence-corrected chi connectivity index (χ4v) is 2.43. The Labute approximate surface area is 163 Å². The van der Waals surface area contributed by atoms with E-state index in [1.54, 1.807) is 42.5 Å². The second-order valence-corrected chi connectivity index (χ2v) is 6.65. The Hall–Kier alpha value is -1.69. The largest absolute Gasteiger partial charge is 0.481 e. The molecule has 0 aliphatic rings. The highest BCUT2D eigenvalue weighted by Crippen LogP contribution is 2.08. The minimum atomic E-state index is -0.846. The number of hydrogen-bond acceptors (Lipinski definition) is 4. The lowest BCUT2D eigenvalue weighted by atomic mass is 10.1. The average molecular weight is 381 g/mol. The molecule has 0 spiro atoms. The lowest BCUT2D eigenvalue weighted by molar-refractivity contribution is -0.137. The lowest BCUT2D eigenvalue weighted by Crippen LogP contribution is -2.23. The summed E-state index contributed by atoms with van der Waals surface area (Å²) in [7, 11) is 0. The van der Waals surface area contributed by atoms with Crippen molar-refractivity contribution < 1.29 is 25.2 Å². The normalized spacial score (nSPS) is 16.0. The van der Waals surface area contributed by atoms with Gasteiger partial charge in [-0.15, -0.1) is 0 Å². The van der Waals surface area contributed by atoms with Crippen molar-refractivity contribution in [2.75, 3.05) is 0 Å². The number of aliphatic hydroxyl groups excluding tert-OH is 3. The van der Waals surface area contributed by atoms with Crippen LogP contribution in [0.4, 0.5) is 0 Å². The molecule has 0 fully saturated rings. The fourth-order valence-electron chi connectivity index (χ4n) is 2.43. The third-order valence-electron chi connectivity index (χ3n) is 4.09. The fraction of sp³-hybridized carbons (Fsp3) is 0.591. The maximum atomic E-state index is 10.4. The summed E-state index contributed by atoms with van der Waals surface area (Å²) in [6.45, 7) is 2.10. The molecular formula is C22H36O5. The van der Waals surface area contributed by atoms with Gasteiger partial charge in [-0.05, 0) is 19.3 Å². The Morgan fingerprint density at radius 1 is 0.778 bits per heavy atom. The smallest absolute Gasteiger partial charge is 0.303 e. The van der Waals surface area contributed by atoms with Crippen LogP contribution in [0.1, 0.15) is 64.7 Å². The van der Waals surface area contributed by atoms with E-state index in [4.69, 9.17) is 5.11 Å². The number of rotatable bonds is 16. The molecule has 0 amide bonds. The van der Waals surface area contributed by atoms with Gasteiger partial charge in [0.1, 0.15) is 0 Å². The van der Waals surface area contributed by atoms with Crippen molar-refractivity contribution >= 4 is 5.97 Å². The molecule has 4 N–H and O–H groups in total. The second-order valence-electron chi connectivity index (χ2n) is 6.65. The highest BCUT2D eigenvalue weighted by atomic mass is 16.4. The molecule has 0 aliphatic carbocycles. The first-order chi connectivity index (χ1) is 13.0. The molecule has 3 unspecified atom stereocenters. The van der Waals surface area contributed by atoms with Gasteiger partial charge in [0.25, 0.3) is 0 Å². The molecule has 0 radical (unpaired) electrons. The van der Waals surface area contributed by atoms with E-state index < -0.39 is 24.3 Å². The summed E-state index contributed by atoms with van der Waals surface area (Å²) in [6, 6.07) is 0. The van der Waals surface area contributed by atoms with Crippen LogP contribution in [0.2, 0.25) is 0 Å². The molecule has 154 valence electrons. The first-order valence-corrected chi connectivity index (χ1v) is 9.91. The molecule has 0 heterocycles. The van der Waals surface area contributed by atoms with Crippen LogP contribution >= 0.6 is 0 Å². The molecule has 5 heteroatoms. The molecule has 0 aromatic heterocycles. The first-order valence-electron chi connectivity index (χ1n) is 9.91. The molecular weight excluding hydrogens is 344 g/mol. The number of carboxylic acids is 1. The quantitative estimate of drug-likeness (QED) is 0.240. The SMILES string of the molecule is CCCCCC(O)C(O)/C=C/C=C\C=C/C=C/C(O)CCCCCC(=O)O. The van der Waals surface area contributed by atoms with E-state index in [2.05, 4.69) is 6.92 Å². The van der Waals surface area contributed by atoms with Gasteiger partial charge in [-0.3, -0.25) is 4.79 Å². The first kappa shape index (κ1) is 25.3. The topological polar surface area (TPSA) is 98.0 Å². The molecule has 0 rings (SSSR count). The Morgan fingerprint density at radius 2 is 1.37 bits per heavy atom. The van der Waals surface area contributed by atoms with Gasteiger partial charge in [0.15, 0.2) is 0 Å². The standard InChI is InChI=1S/C22H36O5/c1-2-3-9-16-20(24)21(25)17-12-7-5-4-6-10-14-19(23)15-11-8-13-18-22(26)27/h4-7,10,12,14,17,19-21,23-25H,2-3,8-9,11,13,15-16,18H2,1H3,(H,26,27)/b6-4-,7-5-,14-10+,17-12+. The van der Waals surface area contributed by atoms with E-state index in [0.717, 1.165) is 32.1 Å². The van der Waals surface area contributed by atoms with Crippen LogP contribution in [0.25, 0.3) is 0 Å². The molecule has 3 atom stereocenters. The van der Waals surface area contributed by atoms with Gasteiger partial charge in [0, 0.05) is 6.42 Å². The lowest BCUT2D eigenvalue weighted by Gasteiger charge is -2.13. The van der Waals surface area contributed by atoms with Gasteiger partial charge < -0.3 is 20.4 Å². The van der Waals surface area contributed by atoms with E-state index in [1.165, 1.54) is 0 Å². The zero-order valence-corrected chi connectivity index (χ0v) is 16.4. The van der Waals surface area contributed by atoms with Crippen molar-refractivity contribution in [1.82, 2.24) is 0 Å². The van der Waals surface area contributed by atoms with Crippen molar-refractivity contribution in [3.63, 3.8) is 0 Å². The third kappa shape index (κ3) is 17.5. The third-order valence-corrected chi connectivity index (χ3v) is 4.09. The summed E-state index contributed by atoms with van der Waals surface area (Å²) in [6.07, 6.45) is 18.6. The molecule has 0 bridgehead atoms. The van der Waals surface area contributed by atoms with Crippen molar-refractivity contribution in [3.05, 3.63) is 48.6 Å². The van der Waals surface area contributed by atoms with E-state index in [9.17, 15) is 20.1 Å². The number of hydrogen-bond donors (Lipinski definition) is 4. The van der Waals surface area contributed by atoms with E-state index in [1.807, 2.05) is 6.08 Å². The number of aliphatic carboxylic acids is 1. The van der Waals surface area contributed by atoms with E-state index in [-0.39, 0.29) is 6.42 Å². The van der Waals surface area contributed by atoms with Crippen LogP contribution in [-0.2, 0) is 4.79 Å². The minimum Gasteiger partial charge on any atom is -0.481 e. The van der Waals surface area contributed by atoms with Gasteiger partial charge in [-0.1, -0.05) is 87.6 Å². The number of aliphatic hydroxyl groups is 3. The molecule has 0 aromatic rings. The summed E-state index contributed by atoms with van der Waals surface area (Å²) < 4.78 is 0. The monoisotopic (exact) mass is 380 g/mol. The van der Waals surface area contributed by atoms with Gasteiger partial charge >= 0.3 is 5.97 Å². The van der Waals surface area contributed by atoms with Gasteiger partial charge in [0.2, 0.25) is 0 Å². The Balaban J connectivity index is 3.89. The van der Waals surface area contributed by atoms with Crippen molar-refractivity contribution in [3.8, 4) is 0 Å². The van der Waals surface area contributed by atoms with Crippen molar-refractivity contribution in [1.29, 1.82) is 0 Å². The van der Waals surface area contributed by atoms with Crippen LogP contribution in [-0.4, -0.2) is 44.7 Å². The van der Waals surface area contributed by atoms with Crippen LogP contribution < -0.4 is 0 Å². The molecule has 27 heavy (non-hydrogen) atoms. The number of allylic oxidation sites excluding steroid dienone is 6. The summed E-state index contributed by atoms with van der Waals surface area (Å²) in [5, 5.41) is 37.9. The van der Waals surface area contributed by atoms with Crippen molar-refractivity contribution in [2.24, 2.45) is 0 Å². The summed E-state index contributed by atoms with van der Waals surface area (Å²) in [4.78, 5) is 10.4. The highest BCUT2D eigenvalue weighted by Gasteiger charge is 2.11. The summed E-state index contributed by atoms with van der Waals surface area (Å²) >= 11 is 0. The van der Waals surface area contributed by atoms with Crippen molar-refractivity contribution in [2.45, 2.75) is 83.0 Å². The highest BCUT2D eigenvalue weighted by molar-refractivity contribution is 5.66. The maximum Gasteiger partial charge on any atom is 0.303 e. The summed E-state index contributed by atoms with van der Waals surface area (Å²) in [5.74, 6) is -0.777. The van der Waals surface area contributed by atoms with E-state index in [0.29, 0.717) is 19.3 Å². The van der Waals surface area contributed by atoms with Gasteiger partial charge in [-0.2, -0.15) is 0 Å². The summed E-state index contributed by atoms with van der Waals surface area (Å²) in [5.41, 5.74) is 0. The second kappa shape index (κ2) is 17.7. The maximum absolute atomic E-state index is 10.4. The number of carboxylic acid groups (broad SMARTS) is 1. The van der Waals surface area contributed by atoms with E-state index >= 15 is 0 Å². The van der Waals surface area contributed by atoms with Crippen LogP contribution in [0.3, 0.4) is 0 Å². The predicted molar refractivity (Wildman–Crippen MR) is 109 cm³/mol. The molecule has 0 aromatic carbocycles. The predicted octanol–water partition coefficient (Wildman–Crippen LogP) is 3.91. The molecule has 5 nitrogen and oxygen atoms in total. The molecule has 0 saturated carbocycles. The Kier molecular flexibility index (Phi) is 16.6. The zero-order chi connectivity index (χ0) is 20.3. The van der Waals surface area contributed by atoms with Crippen LogP contribution in [0.5, 0.6) is 0 Å². The number of carbonyl (C=O) groups is 1. The minimum absolute atomic E-state index is 0.185. The molecule has 0 aliphatic heterocycles. The van der Waals surface area contributed by atoms with Crippen LogP contribution in [0, 0.1) is 0 Å². The van der Waals surface area contributed by atoms with Gasteiger partial charge in [-0.25, -0.2) is 0 Å². The Bertz CT molecular complexity index is 479. The van der Waals surface area contributed by atoms with Crippen LogP contribution in [0.15, 0.2) is 48.6 Å². The zero-order valence-electron chi connectivity index (χ0n) is 16.4. The van der Waals surface area contributed by atoms with Gasteiger partial charge in [0.05, 0.1) is 18.3 Å².